The van der Waals surface area contributed by atoms with E-state index in [1.165, 1.54) is 12.1 Å². The largest absolute Gasteiger partial charge is 0.478 e. The molecule has 0 aliphatic carbocycles. The molecule has 4 nitrogen and oxygen atoms in total. The highest BCUT2D eigenvalue weighted by Crippen LogP contribution is 2.27. The van der Waals surface area contributed by atoms with Gasteiger partial charge in [-0.25, -0.2) is 9.18 Å². The van der Waals surface area contributed by atoms with E-state index in [1.54, 1.807) is 0 Å². The van der Waals surface area contributed by atoms with Gasteiger partial charge in [0.15, 0.2) is 0 Å². The van der Waals surface area contributed by atoms with Crippen LogP contribution in [-0.4, -0.2) is 28.8 Å². The minimum absolute atomic E-state index is 0.00145. The molecule has 0 bridgehead atoms. The van der Waals surface area contributed by atoms with E-state index in [4.69, 9.17) is 10.2 Å². The number of hydrogen-bond donors (Lipinski definition) is 3. The van der Waals surface area contributed by atoms with E-state index in [1.807, 2.05) is 20.8 Å². The maximum Gasteiger partial charge on any atom is 0.337 e. The van der Waals surface area contributed by atoms with Crippen molar-refractivity contribution in [3.05, 3.63) is 29.6 Å². The standard InChI is InChI=1S/C14H20FNO3/c1-14(2,3)12(6-7-17)16-11-5-4-9(15)8-10(11)13(18)19/h4-5,8,12,16-17H,6-7H2,1-3H3,(H,18,19). The Balaban J connectivity index is 3.06. The zero-order chi connectivity index (χ0) is 14.6. The third-order valence-corrected chi connectivity index (χ3v) is 3.00. The lowest BCUT2D eigenvalue weighted by molar-refractivity contribution is 0.0697. The summed E-state index contributed by atoms with van der Waals surface area (Å²) in [7, 11) is 0. The van der Waals surface area contributed by atoms with E-state index >= 15 is 0 Å². The van der Waals surface area contributed by atoms with Crippen molar-refractivity contribution < 1.29 is 19.4 Å². The number of aliphatic hydroxyl groups is 1. The van der Waals surface area contributed by atoms with Gasteiger partial charge in [0.25, 0.3) is 0 Å². The molecule has 106 valence electrons. The van der Waals surface area contributed by atoms with E-state index in [0.29, 0.717) is 12.1 Å². The smallest absolute Gasteiger partial charge is 0.337 e. The van der Waals surface area contributed by atoms with E-state index in [9.17, 15) is 9.18 Å². The second kappa shape index (κ2) is 6.02. The van der Waals surface area contributed by atoms with Crippen molar-refractivity contribution in [2.24, 2.45) is 5.41 Å². The van der Waals surface area contributed by atoms with Crippen LogP contribution in [0.25, 0.3) is 0 Å². The van der Waals surface area contributed by atoms with Crippen LogP contribution in [0.4, 0.5) is 10.1 Å². The summed E-state index contributed by atoms with van der Waals surface area (Å²) in [5.74, 6) is -1.77. The van der Waals surface area contributed by atoms with Crippen LogP contribution in [0, 0.1) is 11.2 Å². The average molecular weight is 269 g/mol. The fourth-order valence-corrected chi connectivity index (χ4v) is 1.86. The van der Waals surface area contributed by atoms with Crippen molar-refractivity contribution in [1.29, 1.82) is 0 Å². The Hall–Kier alpha value is -1.62. The minimum Gasteiger partial charge on any atom is -0.478 e. The number of rotatable bonds is 5. The van der Waals surface area contributed by atoms with E-state index in [0.717, 1.165) is 6.07 Å². The molecule has 0 spiro atoms. The maximum atomic E-state index is 13.1. The van der Waals surface area contributed by atoms with Crippen LogP contribution in [0.15, 0.2) is 18.2 Å². The van der Waals surface area contributed by atoms with Crippen molar-refractivity contribution >= 4 is 11.7 Å². The number of carboxylic acids is 1. The second-order valence-corrected chi connectivity index (χ2v) is 5.57. The summed E-state index contributed by atoms with van der Waals surface area (Å²) in [5.41, 5.74) is 0.0989. The van der Waals surface area contributed by atoms with Gasteiger partial charge in [-0.15, -0.1) is 0 Å². The van der Waals surface area contributed by atoms with Gasteiger partial charge in [-0.1, -0.05) is 20.8 Å². The van der Waals surface area contributed by atoms with Crippen LogP contribution in [0.5, 0.6) is 0 Å². The van der Waals surface area contributed by atoms with Crippen molar-refractivity contribution in [3.63, 3.8) is 0 Å². The maximum absolute atomic E-state index is 13.1. The summed E-state index contributed by atoms with van der Waals surface area (Å²) in [6.07, 6.45) is 0.486. The van der Waals surface area contributed by atoms with Gasteiger partial charge in [-0.2, -0.15) is 0 Å². The Morgan fingerprint density at radius 3 is 2.53 bits per heavy atom. The van der Waals surface area contributed by atoms with Crippen molar-refractivity contribution in [3.8, 4) is 0 Å². The molecular formula is C14H20FNO3. The summed E-state index contributed by atoms with van der Waals surface area (Å²) in [6, 6.07) is 3.51. The highest BCUT2D eigenvalue weighted by Gasteiger charge is 2.25. The van der Waals surface area contributed by atoms with Crippen LogP contribution in [0.3, 0.4) is 0 Å². The van der Waals surface area contributed by atoms with Gasteiger partial charge >= 0.3 is 5.97 Å². The molecule has 3 N–H and O–H groups in total. The minimum atomic E-state index is -1.18. The van der Waals surface area contributed by atoms with Gasteiger partial charge in [0.2, 0.25) is 0 Å². The molecule has 1 aromatic carbocycles. The summed E-state index contributed by atoms with van der Waals surface area (Å²) in [6.45, 7) is 5.97. The monoisotopic (exact) mass is 269 g/mol. The molecule has 0 fully saturated rings. The molecule has 1 atom stereocenters. The van der Waals surface area contributed by atoms with Crippen LogP contribution in [-0.2, 0) is 0 Å². The zero-order valence-electron chi connectivity index (χ0n) is 11.4. The first-order chi connectivity index (χ1) is 8.75. The SMILES string of the molecule is CC(C)(C)C(CCO)Nc1ccc(F)cc1C(=O)O. The summed E-state index contributed by atoms with van der Waals surface area (Å²) < 4.78 is 13.1. The fourth-order valence-electron chi connectivity index (χ4n) is 1.86. The number of anilines is 1. The van der Waals surface area contributed by atoms with Crippen LogP contribution >= 0.6 is 0 Å². The van der Waals surface area contributed by atoms with Crippen LogP contribution < -0.4 is 5.32 Å². The van der Waals surface area contributed by atoms with Crippen molar-refractivity contribution in [2.75, 3.05) is 11.9 Å². The predicted molar refractivity (Wildman–Crippen MR) is 71.9 cm³/mol. The third kappa shape index (κ3) is 4.21. The average Bonchev–Trinajstić information content (AvgIpc) is 2.29. The molecule has 0 saturated heterocycles. The third-order valence-electron chi connectivity index (χ3n) is 3.00. The molecule has 1 aromatic rings. The quantitative estimate of drug-likeness (QED) is 0.768. The number of benzene rings is 1. The Kier molecular flexibility index (Phi) is 4.89. The molecule has 0 saturated carbocycles. The normalized spacial score (nSPS) is 13.1. The Bertz CT molecular complexity index is 454. The molecule has 0 heterocycles. The molecule has 1 rings (SSSR count). The van der Waals surface area contributed by atoms with Crippen LogP contribution in [0.2, 0.25) is 0 Å². The molecule has 0 aliphatic heterocycles. The number of nitrogens with one attached hydrogen (secondary N) is 1. The molecule has 0 amide bonds. The first-order valence-corrected chi connectivity index (χ1v) is 6.16. The first kappa shape index (κ1) is 15.4. The number of hydrogen-bond acceptors (Lipinski definition) is 3. The number of halogens is 1. The molecule has 5 heteroatoms. The second-order valence-electron chi connectivity index (χ2n) is 5.57. The highest BCUT2D eigenvalue weighted by atomic mass is 19.1. The molecule has 19 heavy (non-hydrogen) atoms. The molecule has 0 aliphatic rings. The first-order valence-electron chi connectivity index (χ1n) is 6.16. The predicted octanol–water partition coefficient (Wildman–Crippen LogP) is 2.73. The van der Waals surface area contributed by atoms with Crippen molar-refractivity contribution in [2.45, 2.75) is 33.2 Å². The molecule has 0 aromatic heterocycles. The van der Waals surface area contributed by atoms with Gasteiger partial charge in [-0.05, 0) is 30.0 Å². The number of aromatic carboxylic acids is 1. The number of carbonyl (C=O) groups is 1. The number of aliphatic hydroxyl groups excluding tert-OH is 1. The summed E-state index contributed by atoms with van der Waals surface area (Å²) >= 11 is 0. The molecule has 0 radical (unpaired) electrons. The topological polar surface area (TPSA) is 69.6 Å². The van der Waals surface area contributed by atoms with Crippen molar-refractivity contribution in [1.82, 2.24) is 0 Å². The van der Waals surface area contributed by atoms with Gasteiger partial charge in [0.05, 0.1) is 5.56 Å². The van der Waals surface area contributed by atoms with Gasteiger partial charge in [0.1, 0.15) is 5.82 Å². The summed E-state index contributed by atoms with van der Waals surface area (Å²) in [5, 5.41) is 21.3. The van der Waals surface area contributed by atoms with E-state index in [2.05, 4.69) is 5.32 Å². The Morgan fingerprint density at radius 1 is 1.42 bits per heavy atom. The lowest BCUT2D eigenvalue weighted by Gasteiger charge is -2.32. The zero-order valence-corrected chi connectivity index (χ0v) is 11.4. The van der Waals surface area contributed by atoms with E-state index < -0.39 is 11.8 Å². The van der Waals surface area contributed by atoms with Gasteiger partial charge in [0, 0.05) is 18.3 Å². The Morgan fingerprint density at radius 2 is 2.05 bits per heavy atom. The summed E-state index contributed by atoms with van der Waals surface area (Å²) in [4.78, 5) is 11.1. The van der Waals surface area contributed by atoms with Crippen LogP contribution in [0.1, 0.15) is 37.6 Å². The molecule has 1 unspecified atom stereocenters. The lowest BCUT2D eigenvalue weighted by atomic mass is 9.84. The highest BCUT2D eigenvalue weighted by molar-refractivity contribution is 5.94. The van der Waals surface area contributed by atoms with Gasteiger partial charge in [-0.3, -0.25) is 0 Å². The Labute approximate surface area is 112 Å². The molecular weight excluding hydrogens is 249 g/mol. The number of carboxylic acid groups (broad SMARTS) is 1. The lowest BCUT2D eigenvalue weighted by Crippen LogP contribution is -2.35. The van der Waals surface area contributed by atoms with Gasteiger partial charge < -0.3 is 15.5 Å². The fraction of sp³-hybridized carbons (Fsp3) is 0.500. The van der Waals surface area contributed by atoms with E-state index in [-0.39, 0.29) is 23.6 Å².